The minimum absolute atomic E-state index is 0.138. The summed E-state index contributed by atoms with van der Waals surface area (Å²) >= 11 is 0. The first-order valence-corrected chi connectivity index (χ1v) is 7.99. The summed E-state index contributed by atoms with van der Waals surface area (Å²) in [7, 11) is 4.11. The molecule has 0 spiro atoms. The molecule has 1 aliphatic carbocycles. The van der Waals surface area contributed by atoms with Crippen molar-refractivity contribution in [2.45, 2.75) is 51.5 Å². The number of carbonyl (C=O) groups excluding carboxylic acids is 1. The van der Waals surface area contributed by atoms with Gasteiger partial charge in [-0.15, -0.1) is 0 Å². The molecule has 2 fully saturated rings. The molecule has 5 nitrogen and oxygen atoms in total. The summed E-state index contributed by atoms with van der Waals surface area (Å²) in [5.41, 5.74) is -0.289. The Morgan fingerprint density at radius 2 is 1.81 bits per heavy atom. The summed E-state index contributed by atoms with van der Waals surface area (Å²) in [4.78, 5) is 27.9. The Hall–Kier alpha value is -1.10. The van der Waals surface area contributed by atoms with Crippen LogP contribution in [0.5, 0.6) is 0 Å². The predicted octanol–water partition coefficient (Wildman–Crippen LogP) is 1.82. The normalized spacial score (nSPS) is 28.3. The molecule has 2 aliphatic rings. The highest BCUT2D eigenvalue weighted by atomic mass is 16.4. The van der Waals surface area contributed by atoms with Crippen LogP contribution in [0.25, 0.3) is 0 Å². The monoisotopic (exact) mass is 296 g/mol. The number of aliphatic carboxylic acids is 1. The van der Waals surface area contributed by atoms with E-state index >= 15 is 0 Å². The quantitative estimate of drug-likeness (QED) is 0.840. The number of carboxylic acids is 1. The first kappa shape index (κ1) is 16.3. The number of nitrogens with zero attached hydrogens (tertiary/aromatic N) is 2. The SMILES string of the molecule is CC1CN(C(=O)CC2(CC(=O)O)CCCC2)CC1N(C)C. The summed E-state index contributed by atoms with van der Waals surface area (Å²) in [6.07, 6.45) is 4.41. The van der Waals surface area contributed by atoms with Crippen molar-refractivity contribution >= 4 is 11.9 Å². The maximum Gasteiger partial charge on any atom is 0.303 e. The van der Waals surface area contributed by atoms with Gasteiger partial charge >= 0.3 is 5.97 Å². The molecular weight excluding hydrogens is 268 g/mol. The summed E-state index contributed by atoms with van der Waals surface area (Å²) in [5.74, 6) is -0.150. The van der Waals surface area contributed by atoms with Crippen molar-refractivity contribution in [1.29, 1.82) is 0 Å². The molecule has 5 heteroatoms. The molecule has 120 valence electrons. The predicted molar refractivity (Wildman–Crippen MR) is 81.0 cm³/mol. The lowest BCUT2D eigenvalue weighted by Crippen LogP contribution is -2.37. The van der Waals surface area contributed by atoms with E-state index in [0.29, 0.717) is 18.4 Å². The Kier molecular flexibility index (Phi) is 4.91. The smallest absolute Gasteiger partial charge is 0.303 e. The van der Waals surface area contributed by atoms with E-state index in [4.69, 9.17) is 5.11 Å². The maximum absolute atomic E-state index is 12.6. The molecule has 0 radical (unpaired) electrons. The van der Waals surface area contributed by atoms with Crippen LogP contribution < -0.4 is 0 Å². The van der Waals surface area contributed by atoms with E-state index in [9.17, 15) is 9.59 Å². The first-order chi connectivity index (χ1) is 9.83. The van der Waals surface area contributed by atoms with Gasteiger partial charge in [0.1, 0.15) is 0 Å². The fourth-order valence-electron chi connectivity index (χ4n) is 4.12. The van der Waals surface area contributed by atoms with Gasteiger partial charge in [-0.3, -0.25) is 9.59 Å². The molecule has 2 atom stereocenters. The number of rotatable bonds is 5. The molecule has 1 saturated carbocycles. The van der Waals surface area contributed by atoms with Gasteiger partial charge in [-0.1, -0.05) is 19.8 Å². The zero-order valence-corrected chi connectivity index (χ0v) is 13.5. The van der Waals surface area contributed by atoms with Gasteiger partial charge in [-0.2, -0.15) is 0 Å². The van der Waals surface area contributed by atoms with Gasteiger partial charge in [0.25, 0.3) is 0 Å². The molecule has 0 aromatic carbocycles. The van der Waals surface area contributed by atoms with Crippen molar-refractivity contribution in [2.75, 3.05) is 27.2 Å². The molecule has 21 heavy (non-hydrogen) atoms. The molecule has 1 amide bonds. The number of carboxylic acid groups (broad SMARTS) is 1. The second-order valence-corrected chi connectivity index (χ2v) is 7.26. The van der Waals surface area contributed by atoms with Gasteiger partial charge in [0.15, 0.2) is 0 Å². The minimum atomic E-state index is -0.773. The second-order valence-electron chi connectivity index (χ2n) is 7.26. The third-order valence-electron chi connectivity index (χ3n) is 5.31. The zero-order chi connectivity index (χ0) is 15.6. The molecular formula is C16H28N2O3. The number of likely N-dealkylation sites (tertiary alicyclic amines) is 1. The van der Waals surface area contributed by atoms with Crippen molar-refractivity contribution in [3.8, 4) is 0 Å². The largest absolute Gasteiger partial charge is 0.481 e. The molecule has 2 rings (SSSR count). The molecule has 1 aliphatic heterocycles. The Labute approximate surface area is 127 Å². The van der Waals surface area contributed by atoms with Crippen molar-refractivity contribution < 1.29 is 14.7 Å². The Morgan fingerprint density at radius 3 is 2.29 bits per heavy atom. The van der Waals surface area contributed by atoms with Gasteiger partial charge in [0, 0.05) is 25.6 Å². The molecule has 0 bridgehead atoms. The molecule has 0 aromatic rings. The van der Waals surface area contributed by atoms with Crippen molar-refractivity contribution in [1.82, 2.24) is 9.80 Å². The number of hydrogen-bond acceptors (Lipinski definition) is 3. The Morgan fingerprint density at radius 1 is 1.19 bits per heavy atom. The molecule has 1 heterocycles. The number of carbonyl (C=O) groups is 2. The van der Waals surface area contributed by atoms with E-state index in [1.54, 1.807) is 0 Å². The van der Waals surface area contributed by atoms with Gasteiger partial charge < -0.3 is 14.9 Å². The molecule has 1 N–H and O–H groups in total. The van der Waals surface area contributed by atoms with Crippen molar-refractivity contribution in [2.24, 2.45) is 11.3 Å². The summed E-state index contributed by atoms with van der Waals surface area (Å²) < 4.78 is 0. The fourth-order valence-corrected chi connectivity index (χ4v) is 4.12. The van der Waals surface area contributed by atoms with Crippen LogP contribution in [0.2, 0.25) is 0 Å². The van der Waals surface area contributed by atoms with E-state index < -0.39 is 5.97 Å². The lowest BCUT2D eigenvalue weighted by molar-refractivity contribution is -0.141. The highest BCUT2D eigenvalue weighted by Crippen LogP contribution is 2.44. The van der Waals surface area contributed by atoms with Gasteiger partial charge in [-0.25, -0.2) is 0 Å². The van der Waals surface area contributed by atoms with Gasteiger partial charge in [0.2, 0.25) is 5.91 Å². The first-order valence-electron chi connectivity index (χ1n) is 7.99. The topological polar surface area (TPSA) is 60.9 Å². The minimum Gasteiger partial charge on any atom is -0.481 e. The number of amides is 1. The highest BCUT2D eigenvalue weighted by molar-refractivity contribution is 5.78. The van der Waals surface area contributed by atoms with Crippen LogP contribution in [0.1, 0.15) is 45.4 Å². The van der Waals surface area contributed by atoms with Crippen LogP contribution in [0.4, 0.5) is 0 Å². The third-order valence-corrected chi connectivity index (χ3v) is 5.31. The molecule has 2 unspecified atom stereocenters. The third kappa shape index (κ3) is 3.76. The van der Waals surface area contributed by atoms with E-state index in [1.165, 1.54) is 0 Å². The van der Waals surface area contributed by atoms with Crippen molar-refractivity contribution in [3.05, 3.63) is 0 Å². The lowest BCUT2D eigenvalue weighted by atomic mass is 9.79. The lowest BCUT2D eigenvalue weighted by Gasteiger charge is -2.29. The zero-order valence-electron chi connectivity index (χ0n) is 13.5. The van der Waals surface area contributed by atoms with E-state index in [0.717, 1.165) is 38.8 Å². The van der Waals surface area contributed by atoms with E-state index in [-0.39, 0.29) is 17.7 Å². The summed E-state index contributed by atoms with van der Waals surface area (Å²) in [5, 5.41) is 9.14. The average Bonchev–Trinajstić information content (AvgIpc) is 2.95. The number of hydrogen-bond donors (Lipinski definition) is 1. The molecule has 0 aromatic heterocycles. The highest BCUT2D eigenvalue weighted by Gasteiger charge is 2.41. The standard InChI is InChI=1S/C16H28N2O3/c1-12-10-18(11-13(12)17(2)3)14(19)8-16(9-15(20)21)6-4-5-7-16/h12-13H,4-11H2,1-3H3,(H,20,21). The maximum atomic E-state index is 12.6. The van der Waals surface area contributed by atoms with Crippen LogP contribution in [0, 0.1) is 11.3 Å². The second kappa shape index (κ2) is 6.34. The van der Waals surface area contributed by atoms with Gasteiger partial charge in [0.05, 0.1) is 6.42 Å². The van der Waals surface area contributed by atoms with Crippen LogP contribution in [0.3, 0.4) is 0 Å². The number of likely N-dealkylation sites (N-methyl/N-ethyl adjacent to an activating group) is 1. The van der Waals surface area contributed by atoms with E-state index in [2.05, 4.69) is 25.9 Å². The Bertz CT molecular complexity index is 402. The average molecular weight is 296 g/mol. The fraction of sp³-hybridized carbons (Fsp3) is 0.875. The van der Waals surface area contributed by atoms with Gasteiger partial charge in [-0.05, 0) is 38.3 Å². The Balaban J connectivity index is 1.98. The van der Waals surface area contributed by atoms with E-state index in [1.807, 2.05) is 4.90 Å². The summed E-state index contributed by atoms with van der Waals surface area (Å²) in [6, 6.07) is 0.410. The molecule has 1 saturated heterocycles. The van der Waals surface area contributed by atoms with Crippen LogP contribution in [-0.4, -0.2) is 60.0 Å². The summed E-state index contributed by atoms with van der Waals surface area (Å²) in [6.45, 7) is 3.75. The van der Waals surface area contributed by atoms with Crippen molar-refractivity contribution in [3.63, 3.8) is 0 Å². The van der Waals surface area contributed by atoms with Crippen LogP contribution in [0.15, 0.2) is 0 Å². The van der Waals surface area contributed by atoms with Crippen LogP contribution >= 0.6 is 0 Å². The van der Waals surface area contributed by atoms with Crippen LogP contribution in [-0.2, 0) is 9.59 Å².